The fraction of sp³-hybridized carbons (Fsp3) is 0.545. The molecule has 1 fully saturated rings. The molecule has 2 heterocycles. The zero-order valence-corrected chi connectivity index (χ0v) is 16.0. The number of nitrogens with zero attached hydrogens (tertiary/aromatic N) is 3. The monoisotopic (exact) mass is 335 g/mol. The molecule has 0 atom stereocenters. The lowest BCUT2D eigenvalue weighted by atomic mass is 9.63. The first kappa shape index (κ1) is 16.6. The molecule has 0 amide bonds. The quantitative estimate of drug-likeness (QED) is 0.765. The van der Waals surface area contributed by atoms with Crippen LogP contribution in [0.4, 0.5) is 5.82 Å². The summed E-state index contributed by atoms with van der Waals surface area (Å²) in [6.07, 6.45) is 6.91. The number of anilines is 1. The van der Waals surface area contributed by atoms with Crippen molar-refractivity contribution in [3.63, 3.8) is 0 Å². The highest BCUT2D eigenvalue weighted by Gasteiger charge is 2.37. The summed E-state index contributed by atoms with van der Waals surface area (Å²) in [4.78, 5) is 11.8. The molecule has 0 N–H and O–H groups in total. The van der Waals surface area contributed by atoms with Gasteiger partial charge in [0.05, 0.1) is 0 Å². The van der Waals surface area contributed by atoms with Crippen molar-refractivity contribution in [2.45, 2.75) is 64.2 Å². The highest BCUT2D eigenvalue weighted by atomic mass is 15.2. The minimum absolute atomic E-state index is 0.216. The zero-order chi connectivity index (χ0) is 17.7. The molecule has 4 rings (SSSR count). The standard InChI is InChI=1S/C22H29N3/c1-21(2)10-11-22(3,4)18-15-16(7-8-17(18)21)20-23-12-9-19(24-20)25-13-5-6-14-25/h7-9,12,15H,5-6,10-11,13-14H2,1-4H3. The average molecular weight is 335 g/mol. The van der Waals surface area contributed by atoms with E-state index in [2.05, 4.69) is 55.8 Å². The van der Waals surface area contributed by atoms with Crippen molar-refractivity contribution in [2.75, 3.05) is 18.0 Å². The first-order valence-electron chi connectivity index (χ1n) is 9.60. The second-order valence-corrected chi connectivity index (χ2v) is 8.96. The molecule has 25 heavy (non-hydrogen) atoms. The van der Waals surface area contributed by atoms with Crippen LogP contribution in [0, 0.1) is 0 Å². The second kappa shape index (κ2) is 5.82. The topological polar surface area (TPSA) is 29.0 Å². The number of hydrogen-bond acceptors (Lipinski definition) is 3. The van der Waals surface area contributed by atoms with Crippen molar-refractivity contribution < 1.29 is 0 Å². The van der Waals surface area contributed by atoms with Crippen molar-refractivity contribution in [1.29, 1.82) is 0 Å². The smallest absolute Gasteiger partial charge is 0.161 e. The lowest BCUT2D eigenvalue weighted by Gasteiger charge is -2.42. The number of aromatic nitrogens is 2. The van der Waals surface area contributed by atoms with Gasteiger partial charge in [-0.25, -0.2) is 9.97 Å². The summed E-state index contributed by atoms with van der Waals surface area (Å²) in [5.74, 6) is 1.92. The van der Waals surface area contributed by atoms with Crippen LogP contribution < -0.4 is 4.90 Å². The van der Waals surface area contributed by atoms with Crippen LogP contribution in [-0.2, 0) is 10.8 Å². The fourth-order valence-electron chi connectivity index (χ4n) is 4.34. The Hall–Kier alpha value is -1.90. The van der Waals surface area contributed by atoms with Crippen molar-refractivity contribution in [3.8, 4) is 11.4 Å². The van der Waals surface area contributed by atoms with Crippen LogP contribution in [-0.4, -0.2) is 23.1 Å². The molecule has 1 aromatic carbocycles. The lowest BCUT2D eigenvalue weighted by molar-refractivity contribution is 0.332. The largest absolute Gasteiger partial charge is 0.357 e. The second-order valence-electron chi connectivity index (χ2n) is 8.96. The highest BCUT2D eigenvalue weighted by Crippen LogP contribution is 2.46. The van der Waals surface area contributed by atoms with Crippen LogP contribution in [0.25, 0.3) is 11.4 Å². The maximum absolute atomic E-state index is 4.87. The highest BCUT2D eigenvalue weighted by molar-refractivity contribution is 5.61. The van der Waals surface area contributed by atoms with Crippen molar-refractivity contribution >= 4 is 5.82 Å². The molecule has 1 aliphatic heterocycles. The molecular formula is C22H29N3. The molecule has 0 radical (unpaired) electrons. The Kier molecular flexibility index (Phi) is 3.86. The molecule has 0 spiro atoms. The Balaban J connectivity index is 1.76. The molecule has 1 aliphatic carbocycles. The number of fused-ring (bicyclic) bond motifs is 1. The predicted molar refractivity (Wildman–Crippen MR) is 104 cm³/mol. The maximum Gasteiger partial charge on any atom is 0.161 e. The third-order valence-corrected chi connectivity index (χ3v) is 6.18. The molecule has 0 unspecified atom stereocenters. The number of rotatable bonds is 2. The average Bonchev–Trinajstić information content (AvgIpc) is 3.14. The van der Waals surface area contributed by atoms with Gasteiger partial charge in [0.2, 0.25) is 0 Å². The minimum atomic E-state index is 0.216. The molecule has 2 aromatic rings. The van der Waals surface area contributed by atoms with E-state index >= 15 is 0 Å². The normalized spacial score (nSPS) is 21.2. The van der Waals surface area contributed by atoms with Gasteiger partial charge in [0.1, 0.15) is 5.82 Å². The van der Waals surface area contributed by atoms with Gasteiger partial charge in [-0.2, -0.15) is 0 Å². The minimum Gasteiger partial charge on any atom is -0.357 e. The Morgan fingerprint density at radius 2 is 1.56 bits per heavy atom. The van der Waals surface area contributed by atoms with E-state index in [1.807, 2.05) is 12.3 Å². The third-order valence-electron chi connectivity index (χ3n) is 6.18. The number of benzene rings is 1. The van der Waals surface area contributed by atoms with Gasteiger partial charge < -0.3 is 4.90 Å². The van der Waals surface area contributed by atoms with Gasteiger partial charge in [-0.1, -0.05) is 39.8 Å². The van der Waals surface area contributed by atoms with Gasteiger partial charge in [-0.3, -0.25) is 0 Å². The molecule has 1 saturated heterocycles. The van der Waals surface area contributed by atoms with Gasteiger partial charge in [-0.05, 0) is 59.8 Å². The van der Waals surface area contributed by atoms with E-state index in [-0.39, 0.29) is 10.8 Å². The predicted octanol–water partition coefficient (Wildman–Crippen LogP) is 5.09. The summed E-state index contributed by atoms with van der Waals surface area (Å²) in [6.45, 7) is 11.7. The van der Waals surface area contributed by atoms with Crippen LogP contribution >= 0.6 is 0 Å². The van der Waals surface area contributed by atoms with E-state index in [0.717, 1.165) is 30.3 Å². The van der Waals surface area contributed by atoms with Crippen molar-refractivity contribution in [3.05, 3.63) is 41.6 Å². The molecule has 3 nitrogen and oxygen atoms in total. The molecule has 0 saturated carbocycles. The van der Waals surface area contributed by atoms with E-state index < -0.39 is 0 Å². The van der Waals surface area contributed by atoms with Crippen molar-refractivity contribution in [1.82, 2.24) is 9.97 Å². The van der Waals surface area contributed by atoms with Crippen molar-refractivity contribution in [2.24, 2.45) is 0 Å². The maximum atomic E-state index is 4.87. The Bertz CT molecular complexity index is 786. The molecule has 2 aliphatic rings. The third kappa shape index (κ3) is 2.94. The summed E-state index contributed by atoms with van der Waals surface area (Å²) in [6, 6.07) is 8.92. The van der Waals surface area contributed by atoms with E-state index in [9.17, 15) is 0 Å². The summed E-state index contributed by atoms with van der Waals surface area (Å²) in [5, 5.41) is 0. The first-order chi connectivity index (χ1) is 11.9. The summed E-state index contributed by atoms with van der Waals surface area (Å²) in [5.41, 5.74) is 4.57. The Morgan fingerprint density at radius 3 is 2.28 bits per heavy atom. The van der Waals surface area contributed by atoms with Crippen LogP contribution in [0.2, 0.25) is 0 Å². The SMILES string of the molecule is CC1(C)CCC(C)(C)c2cc(-c3nccc(N4CCCC4)n3)ccc21. The van der Waals surface area contributed by atoms with Gasteiger partial charge in [0.25, 0.3) is 0 Å². The van der Waals surface area contributed by atoms with Gasteiger partial charge in [0.15, 0.2) is 5.82 Å². The Morgan fingerprint density at radius 1 is 0.880 bits per heavy atom. The molecule has 0 bridgehead atoms. The van der Waals surface area contributed by atoms with E-state index in [1.165, 1.54) is 36.8 Å². The Labute approximate surface area is 151 Å². The molecule has 3 heteroatoms. The van der Waals surface area contributed by atoms with Crippen LogP contribution in [0.1, 0.15) is 64.5 Å². The van der Waals surface area contributed by atoms with Gasteiger partial charge >= 0.3 is 0 Å². The lowest BCUT2D eigenvalue weighted by Crippen LogP contribution is -2.33. The number of hydrogen-bond donors (Lipinski definition) is 0. The van der Waals surface area contributed by atoms with Gasteiger partial charge in [0, 0.05) is 24.8 Å². The van der Waals surface area contributed by atoms with Crippen LogP contribution in [0.5, 0.6) is 0 Å². The van der Waals surface area contributed by atoms with Crippen LogP contribution in [0.15, 0.2) is 30.5 Å². The van der Waals surface area contributed by atoms with Gasteiger partial charge in [-0.15, -0.1) is 0 Å². The summed E-state index contributed by atoms with van der Waals surface area (Å²) >= 11 is 0. The fourth-order valence-corrected chi connectivity index (χ4v) is 4.34. The summed E-state index contributed by atoms with van der Waals surface area (Å²) in [7, 11) is 0. The molecular weight excluding hydrogens is 306 g/mol. The zero-order valence-electron chi connectivity index (χ0n) is 16.0. The van der Waals surface area contributed by atoms with E-state index in [1.54, 1.807) is 0 Å². The first-order valence-corrected chi connectivity index (χ1v) is 9.60. The van der Waals surface area contributed by atoms with Crippen LogP contribution in [0.3, 0.4) is 0 Å². The molecule has 1 aromatic heterocycles. The molecule has 132 valence electrons. The summed E-state index contributed by atoms with van der Waals surface area (Å²) < 4.78 is 0. The van der Waals surface area contributed by atoms with E-state index in [0.29, 0.717) is 0 Å². The van der Waals surface area contributed by atoms with E-state index in [4.69, 9.17) is 4.98 Å².